The van der Waals surface area contributed by atoms with E-state index in [1.807, 2.05) is 0 Å². The van der Waals surface area contributed by atoms with E-state index in [9.17, 15) is 0 Å². The van der Waals surface area contributed by atoms with Crippen LogP contribution < -0.4 is 5.32 Å². The standard InChI is InChI=1S/C15H22N2/c1-12-6-7-17(10-12)11-14-9-16-8-13-4-2-3-5-15(13)14/h2-5,12,14,16H,6-11H2,1H3. The average molecular weight is 230 g/mol. The zero-order chi connectivity index (χ0) is 11.7. The van der Waals surface area contributed by atoms with E-state index in [-0.39, 0.29) is 0 Å². The van der Waals surface area contributed by atoms with E-state index in [0.29, 0.717) is 5.92 Å². The van der Waals surface area contributed by atoms with Gasteiger partial charge in [-0.2, -0.15) is 0 Å². The van der Waals surface area contributed by atoms with Crippen LogP contribution in [0.5, 0.6) is 0 Å². The third-order valence-corrected chi connectivity index (χ3v) is 4.19. The smallest absolute Gasteiger partial charge is 0.0208 e. The zero-order valence-corrected chi connectivity index (χ0v) is 10.7. The Morgan fingerprint density at radius 1 is 1.35 bits per heavy atom. The first-order valence-electron chi connectivity index (χ1n) is 6.84. The first kappa shape index (κ1) is 11.2. The van der Waals surface area contributed by atoms with Gasteiger partial charge in [-0.05, 0) is 30.0 Å². The predicted octanol–water partition coefficient (Wildman–Crippen LogP) is 2.22. The van der Waals surface area contributed by atoms with E-state index >= 15 is 0 Å². The first-order chi connectivity index (χ1) is 8.33. The van der Waals surface area contributed by atoms with Crippen molar-refractivity contribution in [2.24, 2.45) is 5.92 Å². The van der Waals surface area contributed by atoms with Crippen LogP contribution in [-0.4, -0.2) is 31.1 Å². The fourth-order valence-electron chi connectivity index (χ4n) is 3.25. The summed E-state index contributed by atoms with van der Waals surface area (Å²) in [6.45, 7) is 8.37. The fourth-order valence-corrected chi connectivity index (χ4v) is 3.25. The number of fused-ring (bicyclic) bond motifs is 1. The van der Waals surface area contributed by atoms with Crippen molar-refractivity contribution in [3.63, 3.8) is 0 Å². The molecule has 1 aromatic rings. The maximum atomic E-state index is 3.55. The lowest BCUT2D eigenvalue weighted by molar-refractivity contribution is 0.295. The van der Waals surface area contributed by atoms with Crippen molar-refractivity contribution in [2.45, 2.75) is 25.8 Å². The predicted molar refractivity (Wildman–Crippen MR) is 71.1 cm³/mol. The van der Waals surface area contributed by atoms with Gasteiger partial charge in [0.1, 0.15) is 0 Å². The van der Waals surface area contributed by atoms with Crippen LogP contribution in [0, 0.1) is 5.92 Å². The summed E-state index contributed by atoms with van der Waals surface area (Å²) >= 11 is 0. The molecule has 2 aliphatic rings. The van der Waals surface area contributed by atoms with E-state index < -0.39 is 0 Å². The van der Waals surface area contributed by atoms with Crippen LogP contribution in [0.4, 0.5) is 0 Å². The highest BCUT2D eigenvalue weighted by Gasteiger charge is 2.25. The molecule has 0 aliphatic carbocycles. The summed E-state index contributed by atoms with van der Waals surface area (Å²) < 4.78 is 0. The van der Waals surface area contributed by atoms with Crippen molar-refractivity contribution in [1.29, 1.82) is 0 Å². The third-order valence-electron chi connectivity index (χ3n) is 4.19. The molecule has 92 valence electrons. The van der Waals surface area contributed by atoms with Gasteiger partial charge in [0, 0.05) is 32.1 Å². The van der Waals surface area contributed by atoms with Gasteiger partial charge in [-0.1, -0.05) is 31.2 Å². The van der Waals surface area contributed by atoms with Crippen molar-refractivity contribution in [3.05, 3.63) is 35.4 Å². The largest absolute Gasteiger partial charge is 0.312 e. The minimum absolute atomic E-state index is 0.685. The molecule has 2 unspecified atom stereocenters. The summed E-state index contributed by atoms with van der Waals surface area (Å²) in [4.78, 5) is 2.64. The molecule has 17 heavy (non-hydrogen) atoms. The topological polar surface area (TPSA) is 15.3 Å². The highest BCUT2D eigenvalue weighted by Crippen LogP contribution is 2.26. The molecule has 3 rings (SSSR count). The molecule has 1 saturated heterocycles. The molecule has 2 nitrogen and oxygen atoms in total. The van der Waals surface area contributed by atoms with Gasteiger partial charge in [-0.15, -0.1) is 0 Å². The maximum Gasteiger partial charge on any atom is 0.0208 e. The molecule has 0 spiro atoms. The number of likely N-dealkylation sites (tertiary alicyclic amines) is 1. The van der Waals surface area contributed by atoms with Crippen LogP contribution in [0.25, 0.3) is 0 Å². The van der Waals surface area contributed by atoms with E-state index in [2.05, 4.69) is 41.4 Å². The minimum atomic E-state index is 0.685. The van der Waals surface area contributed by atoms with Crippen molar-refractivity contribution >= 4 is 0 Å². The average Bonchev–Trinajstić information content (AvgIpc) is 2.75. The van der Waals surface area contributed by atoms with E-state index in [4.69, 9.17) is 0 Å². The summed E-state index contributed by atoms with van der Waals surface area (Å²) in [5.41, 5.74) is 3.07. The normalized spacial score (nSPS) is 29.2. The van der Waals surface area contributed by atoms with Crippen molar-refractivity contribution in [2.75, 3.05) is 26.2 Å². The Kier molecular flexibility index (Phi) is 3.17. The molecule has 0 radical (unpaired) electrons. The van der Waals surface area contributed by atoms with Gasteiger partial charge < -0.3 is 10.2 Å². The molecular weight excluding hydrogens is 208 g/mol. The SMILES string of the molecule is CC1CCN(CC2CNCc3ccccc32)C1. The number of nitrogens with one attached hydrogen (secondary N) is 1. The number of hydrogen-bond acceptors (Lipinski definition) is 2. The molecule has 1 aromatic carbocycles. The molecule has 2 heteroatoms. The van der Waals surface area contributed by atoms with Gasteiger partial charge in [0.15, 0.2) is 0 Å². The Hall–Kier alpha value is -0.860. The lowest BCUT2D eigenvalue weighted by Gasteiger charge is -2.30. The van der Waals surface area contributed by atoms with Gasteiger partial charge in [0.25, 0.3) is 0 Å². The second kappa shape index (κ2) is 4.79. The van der Waals surface area contributed by atoms with Crippen LogP contribution >= 0.6 is 0 Å². The molecule has 2 atom stereocenters. The lowest BCUT2D eigenvalue weighted by atomic mass is 9.90. The Labute approximate surface area is 104 Å². The molecule has 2 aliphatic heterocycles. The molecule has 0 saturated carbocycles. The maximum absolute atomic E-state index is 3.55. The minimum Gasteiger partial charge on any atom is -0.312 e. The molecule has 1 fully saturated rings. The summed E-state index contributed by atoms with van der Waals surface area (Å²) in [7, 11) is 0. The Morgan fingerprint density at radius 3 is 3.06 bits per heavy atom. The number of hydrogen-bond donors (Lipinski definition) is 1. The number of rotatable bonds is 2. The monoisotopic (exact) mass is 230 g/mol. The number of benzene rings is 1. The summed E-state index contributed by atoms with van der Waals surface area (Å²) in [5.74, 6) is 1.58. The Bertz CT molecular complexity index is 388. The fraction of sp³-hybridized carbons (Fsp3) is 0.600. The molecule has 0 bridgehead atoms. The van der Waals surface area contributed by atoms with E-state index in [1.165, 1.54) is 31.6 Å². The third kappa shape index (κ3) is 2.38. The summed E-state index contributed by atoms with van der Waals surface area (Å²) in [6.07, 6.45) is 1.38. The quantitative estimate of drug-likeness (QED) is 0.838. The van der Waals surface area contributed by atoms with E-state index in [1.54, 1.807) is 5.56 Å². The molecular formula is C15H22N2. The van der Waals surface area contributed by atoms with Crippen LogP contribution in [-0.2, 0) is 6.54 Å². The van der Waals surface area contributed by atoms with Gasteiger partial charge in [0.05, 0.1) is 0 Å². The van der Waals surface area contributed by atoms with Crippen LogP contribution in [0.3, 0.4) is 0 Å². The highest BCUT2D eigenvalue weighted by molar-refractivity contribution is 5.32. The Balaban J connectivity index is 1.72. The second-order valence-electron chi connectivity index (χ2n) is 5.68. The van der Waals surface area contributed by atoms with Crippen molar-refractivity contribution in [3.8, 4) is 0 Å². The van der Waals surface area contributed by atoms with Crippen LogP contribution in [0.15, 0.2) is 24.3 Å². The van der Waals surface area contributed by atoms with Gasteiger partial charge >= 0.3 is 0 Å². The summed E-state index contributed by atoms with van der Waals surface area (Å²) in [5, 5.41) is 3.55. The van der Waals surface area contributed by atoms with Crippen molar-refractivity contribution in [1.82, 2.24) is 10.2 Å². The van der Waals surface area contributed by atoms with Gasteiger partial charge in [0.2, 0.25) is 0 Å². The zero-order valence-electron chi connectivity index (χ0n) is 10.7. The molecule has 2 heterocycles. The Morgan fingerprint density at radius 2 is 2.24 bits per heavy atom. The van der Waals surface area contributed by atoms with Crippen LogP contribution in [0.1, 0.15) is 30.4 Å². The summed E-state index contributed by atoms with van der Waals surface area (Å²) in [6, 6.07) is 8.92. The highest BCUT2D eigenvalue weighted by atomic mass is 15.1. The van der Waals surface area contributed by atoms with Crippen molar-refractivity contribution < 1.29 is 0 Å². The molecule has 0 aromatic heterocycles. The lowest BCUT2D eigenvalue weighted by Crippen LogP contribution is -2.35. The van der Waals surface area contributed by atoms with Crippen LogP contribution in [0.2, 0.25) is 0 Å². The second-order valence-corrected chi connectivity index (χ2v) is 5.68. The van der Waals surface area contributed by atoms with E-state index in [0.717, 1.165) is 19.0 Å². The molecule has 0 amide bonds. The number of nitrogens with zero attached hydrogens (tertiary/aromatic N) is 1. The molecule has 1 N–H and O–H groups in total. The van der Waals surface area contributed by atoms with Gasteiger partial charge in [-0.25, -0.2) is 0 Å². The van der Waals surface area contributed by atoms with Gasteiger partial charge in [-0.3, -0.25) is 0 Å². The first-order valence-corrected chi connectivity index (χ1v) is 6.84.